The topological polar surface area (TPSA) is 45.7 Å². The van der Waals surface area contributed by atoms with Crippen molar-refractivity contribution in [3.8, 4) is 5.75 Å². The number of aromatic nitrogens is 1. The molecule has 31 heavy (non-hydrogen) atoms. The van der Waals surface area contributed by atoms with Crippen molar-refractivity contribution < 1.29 is 9.53 Å². The molecule has 0 N–H and O–H groups in total. The Labute approximate surface area is 190 Å². The summed E-state index contributed by atoms with van der Waals surface area (Å²) < 4.78 is 5.23. The Hall–Kier alpha value is -2.70. The number of carbonyl (C=O) groups is 1. The second kappa shape index (κ2) is 12.2. The number of benzene rings is 1. The van der Waals surface area contributed by atoms with E-state index in [0.717, 1.165) is 40.6 Å². The zero-order valence-corrected chi connectivity index (χ0v) is 20.0. The van der Waals surface area contributed by atoms with Crippen LogP contribution in [0.5, 0.6) is 5.75 Å². The summed E-state index contributed by atoms with van der Waals surface area (Å²) in [7, 11) is 3.72. The second-order valence-electron chi connectivity index (χ2n) is 7.14. The van der Waals surface area contributed by atoms with Crippen molar-refractivity contribution >= 4 is 28.4 Å². The number of thiazole rings is 1. The Kier molecular flexibility index (Phi) is 9.69. The molecule has 0 atom stereocenters. The first kappa shape index (κ1) is 24.6. The van der Waals surface area contributed by atoms with E-state index in [-0.39, 0.29) is 5.91 Å². The summed E-state index contributed by atoms with van der Waals surface area (Å²) in [5.74, 6) is 0.856. The molecule has 0 radical (unpaired) electrons. The zero-order chi connectivity index (χ0) is 22.8. The standard InChI is InChI=1S/C25H33N3O2S/c1-7-20(21-12-14-22(30-6)15-13-21)11-10-19(4)24-26-18-23(31-24)25(29)28(9-3)17-16-27(5)8-2/h7,10-15,18H,4,8-9,16-17H2,1-3,5-6H3/b11-10-,20-7+. The monoisotopic (exact) mass is 439 g/mol. The maximum absolute atomic E-state index is 12.9. The molecule has 0 aliphatic carbocycles. The molecule has 0 unspecified atom stereocenters. The molecule has 6 heteroatoms. The van der Waals surface area contributed by atoms with Crippen LogP contribution in [0.4, 0.5) is 0 Å². The van der Waals surface area contributed by atoms with Crippen LogP contribution in [0.3, 0.4) is 0 Å². The van der Waals surface area contributed by atoms with E-state index in [9.17, 15) is 4.79 Å². The zero-order valence-electron chi connectivity index (χ0n) is 19.2. The molecule has 0 aliphatic rings. The summed E-state index contributed by atoms with van der Waals surface area (Å²) in [5.41, 5.74) is 2.96. The first-order valence-electron chi connectivity index (χ1n) is 10.5. The Morgan fingerprint density at radius 1 is 1.16 bits per heavy atom. The van der Waals surface area contributed by atoms with Crippen LogP contribution in [0.15, 0.2) is 55.3 Å². The fourth-order valence-electron chi connectivity index (χ4n) is 2.93. The molecule has 0 bridgehead atoms. The lowest BCUT2D eigenvalue weighted by Gasteiger charge is -2.23. The van der Waals surface area contributed by atoms with Crippen LogP contribution >= 0.6 is 11.3 Å². The van der Waals surface area contributed by atoms with E-state index >= 15 is 0 Å². The Balaban J connectivity index is 2.06. The van der Waals surface area contributed by atoms with Gasteiger partial charge >= 0.3 is 0 Å². The number of rotatable bonds is 11. The fraction of sp³-hybridized carbons (Fsp3) is 0.360. The number of hydrogen-bond donors (Lipinski definition) is 0. The molecular formula is C25H33N3O2S. The van der Waals surface area contributed by atoms with Crippen molar-refractivity contribution in [1.82, 2.24) is 14.8 Å². The van der Waals surface area contributed by atoms with Crippen molar-refractivity contribution in [2.75, 3.05) is 40.3 Å². The fourth-order valence-corrected chi connectivity index (χ4v) is 3.77. The van der Waals surface area contributed by atoms with Gasteiger partial charge < -0.3 is 14.5 Å². The average molecular weight is 440 g/mol. The molecule has 5 nitrogen and oxygen atoms in total. The molecule has 0 saturated carbocycles. The van der Waals surface area contributed by atoms with E-state index in [2.05, 4.69) is 36.5 Å². The summed E-state index contributed by atoms with van der Waals surface area (Å²) in [6.07, 6.45) is 7.68. The van der Waals surface area contributed by atoms with E-state index < -0.39 is 0 Å². The van der Waals surface area contributed by atoms with Crippen molar-refractivity contribution in [3.63, 3.8) is 0 Å². The number of likely N-dealkylation sites (N-methyl/N-ethyl adjacent to an activating group) is 2. The van der Waals surface area contributed by atoms with Gasteiger partial charge in [0.1, 0.15) is 15.6 Å². The Morgan fingerprint density at radius 3 is 2.45 bits per heavy atom. The quantitative estimate of drug-likeness (QED) is 0.449. The van der Waals surface area contributed by atoms with Crippen LogP contribution in [0.2, 0.25) is 0 Å². The molecule has 166 valence electrons. The minimum atomic E-state index is 0.0277. The lowest BCUT2D eigenvalue weighted by molar-refractivity contribution is 0.0755. The first-order chi connectivity index (χ1) is 14.9. The minimum Gasteiger partial charge on any atom is -0.497 e. The van der Waals surface area contributed by atoms with E-state index in [4.69, 9.17) is 4.74 Å². The summed E-state index contributed by atoms with van der Waals surface area (Å²) in [6.45, 7) is 13.5. The second-order valence-corrected chi connectivity index (χ2v) is 8.17. The number of methoxy groups -OCH3 is 1. The smallest absolute Gasteiger partial charge is 0.265 e. The van der Waals surface area contributed by atoms with Crippen LogP contribution in [-0.2, 0) is 0 Å². The summed E-state index contributed by atoms with van der Waals surface area (Å²) in [5, 5.41) is 0.756. The number of hydrogen-bond acceptors (Lipinski definition) is 5. The number of ether oxygens (including phenoxy) is 1. The third kappa shape index (κ3) is 6.91. The summed E-state index contributed by atoms with van der Waals surface area (Å²) in [6, 6.07) is 7.93. The number of amides is 1. The van der Waals surface area contributed by atoms with Crippen LogP contribution in [0, 0.1) is 0 Å². The van der Waals surface area contributed by atoms with Gasteiger partial charge in [0.25, 0.3) is 5.91 Å². The van der Waals surface area contributed by atoms with Crippen LogP contribution in [-0.4, -0.2) is 61.0 Å². The molecule has 1 aromatic carbocycles. The SMILES string of the molecule is C=C(/C=C\C(=C/C)c1ccc(OC)cc1)c1ncc(C(=O)N(CC)CCN(C)CC)s1. The largest absolute Gasteiger partial charge is 0.497 e. The van der Waals surface area contributed by atoms with E-state index in [1.54, 1.807) is 13.3 Å². The van der Waals surface area contributed by atoms with Gasteiger partial charge in [-0.3, -0.25) is 4.79 Å². The maximum atomic E-state index is 12.9. The minimum absolute atomic E-state index is 0.0277. The summed E-state index contributed by atoms with van der Waals surface area (Å²) in [4.78, 5) is 22.0. The van der Waals surface area contributed by atoms with E-state index in [1.165, 1.54) is 11.3 Å². The Morgan fingerprint density at radius 2 is 1.87 bits per heavy atom. The van der Waals surface area contributed by atoms with Crippen molar-refractivity contribution in [2.24, 2.45) is 0 Å². The van der Waals surface area contributed by atoms with Gasteiger partial charge in [0.05, 0.1) is 13.3 Å². The molecule has 1 heterocycles. The van der Waals surface area contributed by atoms with Gasteiger partial charge in [-0.2, -0.15) is 0 Å². The normalized spacial score (nSPS) is 11.9. The van der Waals surface area contributed by atoms with Gasteiger partial charge in [0.2, 0.25) is 0 Å². The lowest BCUT2D eigenvalue weighted by Crippen LogP contribution is -2.37. The van der Waals surface area contributed by atoms with Crippen molar-refractivity contribution in [2.45, 2.75) is 20.8 Å². The van der Waals surface area contributed by atoms with Crippen LogP contribution in [0.25, 0.3) is 11.1 Å². The highest BCUT2D eigenvalue weighted by Gasteiger charge is 2.18. The van der Waals surface area contributed by atoms with Crippen LogP contribution in [0.1, 0.15) is 41.0 Å². The van der Waals surface area contributed by atoms with Gasteiger partial charge in [-0.15, -0.1) is 11.3 Å². The number of nitrogens with zero attached hydrogens (tertiary/aromatic N) is 3. The van der Waals surface area contributed by atoms with Gasteiger partial charge in [-0.25, -0.2) is 4.98 Å². The third-order valence-electron chi connectivity index (χ3n) is 5.15. The van der Waals surface area contributed by atoms with Gasteiger partial charge in [-0.05, 0) is 50.7 Å². The van der Waals surface area contributed by atoms with Crippen LogP contribution < -0.4 is 4.74 Å². The number of allylic oxidation sites excluding steroid dienone is 5. The molecule has 0 saturated heterocycles. The highest BCUT2D eigenvalue weighted by atomic mass is 32.1. The first-order valence-corrected chi connectivity index (χ1v) is 11.4. The summed E-state index contributed by atoms with van der Waals surface area (Å²) >= 11 is 1.39. The molecule has 0 spiro atoms. The van der Waals surface area contributed by atoms with Gasteiger partial charge in [0.15, 0.2) is 0 Å². The Bertz CT molecular complexity index is 928. The third-order valence-corrected chi connectivity index (χ3v) is 6.21. The predicted molar refractivity (Wildman–Crippen MR) is 132 cm³/mol. The molecule has 2 aromatic rings. The van der Waals surface area contributed by atoms with Gasteiger partial charge in [-0.1, -0.05) is 43.9 Å². The highest BCUT2D eigenvalue weighted by Crippen LogP contribution is 2.25. The van der Waals surface area contributed by atoms with Gasteiger partial charge in [0, 0.05) is 25.2 Å². The molecule has 0 aliphatic heterocycles. The average Bonchev–Trinajstić information content (AvgIpc) is 3.30. The molecule has 0 fully saturated rings. The van der Waals surface area contributed by atoms with E-state index in [0.29, 0.717) is 18.0 Å². The maximum Gasteiger partial charge on any atom is 0.265 e. The van der Waals surface area contributed by atoms with Crippen molar-refractivity contribution in [1.29, 1.82) is 0 Å². The predicted octanol–water partition coefficient (Wildman–Crippen LogP) is 5.24. The molecule has 1 aromatic heterocycles. The molecular weight excluding hydrogens is 406 g/mol. The molecule has 1 amide bonds. The van der Waals surface area contributed by atoms with Crippen molar-refractivity contribution in [3.05, 3.63) is 70.7 Å². The molecule has 2 rings (SSSR count). The highest BCUT2D eigenvalue weighted by molar-refractivity contribution is 7.14. The number of carbonyl (C=O) groups excluding carboxylic acids is 1. The van der Waals surface area contributed by atoms with E-state index in [1.807, 2.05) is 55.2 Å². The lowest BCUT2D eigenvalue weighted by atomic mass is 10.0.